The quantitative estimate of drug-likeness (QED) is 0.807. The zero-order valence-electron chi connectivity index (χ0n) is 8.97. The van der Waals surface area contributed by atoms with Crippen molar-refractivity contribution in [3.8, 4) is 0 Å². The van der Waals surface area contributed by atoms with Gasteiger partial charge in [0.2, 0.25) is 10.0 Å². The number of halogens is 1. The topological polar surface area (TPSA) is 68.3 Å². The van der Waals surface area contributed by atoms with Crippen LogP contribution in [0.1, 0.15) is 6.92 Å². The highest BCUT2D eigenvalue weighted by atomic mass is 35.5. The van der Waals surface area contributed by atoms with E-state index in [1.54, 1.807) is 6.92 Å². The fourth-order valence-electron chi connectivity index (χ4n) is 1.14. The minimum atomic E-state index is -3.55. The van der Waals surface area contributed by atoms with Crippen molar-refractivity contribution in [1.29, 1.82) is 0 Å². The molecule has 0 radical (unpaired) electrons. The third kappa shape index (κ3) is 3.71. The van der Waals surface area contributed by atoms with Gasteiger partial charge in [-0.3, -0.25) is 0 Å². The molecule has 0 amide bonds. The number of ether oxygens (including phenoxy) is 1. The Kier molecular flexibility index (Phi) is 4.67. The molecule has 0 unspecified atom stereocenters. The highest BCUT2D eigenvalue weighted by Gasteiger charge is 2.17. The monoisotopic (exact) mass is 264 g/mol. The number of aromatic nitrogens is 1. The fraction of sp³-hybridized carbons (Fsp3) is 0.444. The van der Waals surface area contributed by atoms with E-state index in [-0.39, 0.29) is 16.1 Å². The number of pyridine rings is 1. The zero-order chi connectivity index (χ0) is 12.2. The fourth-order valence-corrected chi connectivity index (χ4v) is 2.42. The molecule has 0 aromatic carbocycles. The molecular formula is C9H13ClN2O3S. The van der Waals surface area contributed by atoms with Crippen LogP contribution in [0.5, 0.6) is 0 Å². The molecule has 1 N–H and O–H groups in total. The van der Waals surface area contributed by atoms with Gasteiger partial charge in [0.25, 0.3) is 0 Å². The molecule has 7 heteroatoms. The van der Waals surface area contributed by atoms with Crippen LogP contribution in [0.3, 0.4) is 0 Å². The number of methoxy groups -OCH3 is 1. The van der Waals surface area contributed by atoms with Crippen molar-refractivity contribution >= 4 is 21.6 Å². The summed E-state index contributed by atoms with van der Waals surface area (Å²) in [5, 5.41) is 0.254. The lowest BCUT2D eigenvalue weighted by atomic mass is 10.4. The molecule has 1 heterocycles. The van der Waals surface area contributed by atoms with Crippen molar-refractivity contribution in [2.45, 2.75) is 17.9 Å². The van der Waals surface area contributed by atoms with Crippen LogP contribution in [0.2, 0.25) is 5.15 Å². The van der Waals surface area contributed by atoms with Gasteiger partial charge in [0, 0.05) is 19.3 Å². The Morgan fingerprint density at radius 3 is 2.75 bits per heavy atom. The molecular weight excluding hydrogens is 252 g/mol. The molecule has 0 aliphatic carbocycles. The summed E-state index contributed by atoms with van der Waals surface area (Å²) >= 11 is 5.57. The second-order valence-corrected chi connectivity index (χ2v) is 5.40. The largest absolute Gasteiger partial charge is 0.383 e. The van der Waals surface area contributed by atoms with E-state index in [1.807, 2.05) is 0 Å². The Hall–Kier alpha value is -0.690. The molecule has 16 heavy (non-hydrogen) atoms. The molecule has 90 valence electrons. The molecule has 0 bridgehead atoms. The number of nitrogens with zero attached hydrogens (tertiary/aromatic N) is 1. The maximum atomic E-state index is 11.8. The van der Waals surface area contributed by atoms with Crippen LogP contribution < -0.4 is 4.72 Å². The van der Waals surface area contributed by atoms with Gasteiger partial charge >= 0.3 is 0 Å². The lowest BCUT2D eigenvalue weighted by Crippen LogP contribution is -2.35. The first-order valence-corrected chi connectivity index (χ1v) is 6.44. The van der Waals surface area contributed by atoms with Gasteiger partial charge in [-0.05, 0) is 19.1 Å². The van der Waals surface area contributed by atoms with Gasteiger partial charge in [-0.2, -0.15) is 0 Å². The van der Waals surface area contributed by atoms with Crippen molar-refractivity contribution in [2.24, 2.45) is 0 Å². The van der Waals surface area contributed by atoms with Gasteiger partial charge in [-0.15, -0.1) is 0 Å². The number of nitrogens with one attached hydrogen (secondary N) is 1. The number of rotatable bonds is 5. The first kappa shape index (κ1) is 13.4. The molecule has 0 fully saturated rings. The summed E-state index contributed by atoms with van der Waals surface area (Å²) in [5.41, 5.74) is 0. The molecule has 1 rings (SSSR count). The first-order valence-electron chi connectivity index (χ1n) is 4.58. The predicted octanol–water partition coefficient (Wildman–Crippen LogP) is 1.05. The summed E-state index contributed by atoms with van der Waals surface area (Å²) in [4.78, 5) is 3.80. The van der Waals surface area contributed by atoms with E-state index >= 15 is 0 Å². The average molecular weight is 265 g/mol. The van der Waals surface area contributed by atoms with E-state index in [1.165, 1.54) is 25.4 Å². The lowest BCUT2D eigenvalue weighted by Gasteiger charge is -2.12. The molecule has 0 spiro atoms. The SMILES string of the molecule is COC[C@H](C)NS(=O)(=O)c1ccc(Cl)nc1. The van der Waals surface area contributed by atoms with Crippen LogP contribution in [0.4, 0.5) is 0 Å². The van der Waals surface area contributed by atoms with Crippen molar-refractivity contribution in [1.82, 2.24) is 9.71 Å². The van der Waals surface area contributed by atoms with Gasteiger partial charge in [0.05, 0.1) is 6.61 Å². The highest BCUT2D eigenvalue weighted by molar-refractivity contribution is 7.89. The van der Waals surface area contributed by atoms with E-state index in [4.69, 9.17) is 16.3 Å². The van der Waals surface area contributed by atoms with Crippen molar-refractivity contribution in [3.63, 3.8) is 0 Å². The van der Waals surface area contributed by atoms with Crippen molar-refractivity contribution in [2.75, 3.05) is 13.7 Å². The Labute approximate surface area is 99.8 Å². The Balaban J connectivity index is 2.82. The van der Waals surface area contributed by atoms with E-state index < -0.39 is 10.0 Å². The molecule has 1 aromatic heterocycles. The van der Waals surface area contributed by atoms with Gasteiger partial charge in [0.15, 0.2) is 0 Å². The summed E-state index contributed by atoms with van der Waals surface area (Å²) in [6, 6.07) is 2.53. The van der Waals surface area contributed by atoms with E-state index in [0.29, 0.717) is 6.61 Å². The second kappa shape index (κ2) is 5.58. The minimum absolute atomic E-state index is 0.0832. The summed E-state index contributed by atoms with van der Waals surface area (Å²) in [6.07, 6.45) is 1.21. The van der Waals surface area contributed by atoms with E-state index in [0.717, 1.165) is 0 Å². The number of sulfonamides is 1. The molecule has 1 atom stereocenters. The molecule has 5 nitrogen and oxygen atoms in total. The van der Waals surface area contributed by atoms with Crippen LogP contribution in [0.25, 0.3) is 0 Å². The summed E-state index contributed by atoms with van der Waals surface area (Å²) in [7, 11) is -2.04. The molecule has 1 aromatic rings. The van der Waals surface area contributed by atoms with Gasteiger partial charge in [-0.1, -0.05) is 11.6 Å². The Morgan fingerprint density at radius 1 is 1.56 bits per heavy atom. The molecule has 0 aliphatic rings. The Morgan fingerprint density at radius 2 is 2.25 bits per heavy atom. The number of hydrogen-bond donors (Lipinski definition) is 1. The third-order valence-corrected chi connectivity index (χ3v) is 3.58. The standard InChI is InChI=1S/C9H13ClN2O3S/c1-7(6-15-2)12-16(13,14)8-3-4-9(10)11-5-8/h3-5,7,12H,6H2,1-2H3/t7-/m0/s1. The van der Waals surface area contributed by atoms with E-state index in [9.17, 15) is 8.42 Å². The van der Waals surface area contributed by atoms with Crippen molar-refractivity contribution < 1.29 is 13.2 Å². The smallest absolute Gasteiger partial charge is 0.242 e. The lowest BCUT2D eigenvalue weighted by molar-refractivity contribution is 0.180. The predicted molar refractivity (Wildman–Crippen MR) is 60.9 cm³/mol. The summed E-state index contributed by atoms with van der Waals surface area (Å²) in [6.45, 7) is 2.02. The van der Waals surface area contributed by atoms with Crippen LogP contribution in [0.15, 0.2) is 23.2 Å². The van der Waals surface area contributed by atoms with Crippen LogP contribution in [-0.2, 0) is 14.8 Å². The molecule has 0 saturated heterocycles. The highest BCUT2D eigenvalue weighted by Crippen LogP contribution is 2.11. The van der Waals surface area contributed by atoms with Gasteiger partial charge in [-0.25, -0.2) is 18.1 Å². The maximum absolute atomic E-state index is 11.8. The second-order valence-electron chi connectivity index (χ2n) is 3.29. The van der Waals surface area contributed by atoms with Crippen molar-refractivity contribution in [3.05, 3.63) is 23.5 Å². The minimum Gasteiger partial charge on any atom is -0.383 e. The van der Waals surface area contributed by atoms with E-state index in [2.05, 4.69) is 9.71 Å². The summed E-state index contributed by atoms with van der Waals surface area (Å²) < 4.78 is 30.9. The molecule has 0 saturated carbocycles. The van der Waals surface area contributed by atoms with Crippen LogP contribution in [0, 0.1) is 0 Å². The summed E-state index contributed by atoms with van der Waals surface area (Å²) in [5.74, 6) is 0. The number of hydrogen-bond acceptors (Lipinski definition) is 4. The normalized spacial score (nSPS) is 13.7. The maximum Gasteiger partial charge on any atom is 0.242 e. The van der Waals surface area contributed by atoms with Gasteiger partial charge < -0.3 is 4.74 Å². The average Bonchev–Trinajstić information content (AvgIpc) is 2.17. The van der Waals surface area contributed by atoms with Crippen LogP contribution in [-0.4, -0.2) is 33.2 Å². The third-order valence-electron chi connectivity index (χ3n) is 1.78. The Bertz CT molecular complexity index is 433. The first-order chi connectivity index (χ1) is 7.45. The van der Waals surface area contributed by atoms with Gasteiger partial charge in [0.1, 0.15) is 10.0 Å². The molecule has 0 aliphatic heterocycles. The van der Waals surface area contributed by atoms with Crippen LogP contribution >= 0.6 is 11.6 Å². The zero-order valence-corrected chi connectivity index (χ0v) is 10.5.